The molecule has 1 N–H and O–H groups in total. The van der Waals surface area contributed by atoms with Crippen LogP contribution >= 0.6 is 0 Å². The highest BCUT2D eigenvalue weighted by Crippen LogP contribution is 2.30. The Bertz CT molecular complexity index is 215. The van der Waals surface area contributed by atoms with Gasteiger partial charge in [0, 0.05) is 31.2 Å². The largest absolute Gasteiger partial charge is 0.381 e. The van der Waals surface area contributed by atoms with Gasteiger partial charge in [0.15, 0.2) is 0 Å². The molecule has 0 amide bonds. The molecule has 2 atom stereocenters. The van der Waals surface area contributed by atoms with Crippen LogP contribution < -0.4 is 5.32 Å². The van der Waals surface area contributed by atoms with E-state index in [0.717, 1.165) is 32.8 Å². The van der Waals surface area contributed by atoms with E-state index in [2.05, 4.69) is 37.9 Å². The van der Waals surface area contributed by atoms with Gasteiger partial charge in [-0.1, -0.05) is 20.8 Å². The van der Waals surface area contributed by atoms with Gasteiger partial charge in [-0.3, -0.25) is 0 Å². The van der Waals surface area contributed by atoms with E-state index < -0.39 is 0 Å². The average Bonchev–Trinajstić information content (AvgIpc) is 2.84. The molecule has 0 saturated carbocycles. The van der Waals surface area contributed by atoms with Crippen LogP contribution in [0.15, 0.2) is 0 Å². The molecule has 3 heteroatoms. The topological polar surface area (TPSA) is 24.5 Å². The fraction of sp³-hybridized carbons (Fsp3) is 1.00. The van der Waals surface area contributed by atoms with Crippen molar-refractivity contribution in [2.45, 2.75) is 53.0 Å². The first-order chi connectivity index (χ1) is 8.67. The van der Waals surface area contributed by atoms with Crippen molar-refractivity contribution in [1.29, 1.82) is 0 Å². The molecule has 0 aromatic carbocycles. The summed E-state index contributed by atoms with van der Waals surface area (Å²) in [6.07, 6.45) is 3.64. The predicted molar refractivity (Wildman–Crippen MR) is 78.0 cm³/mol. The quantitative estimate of drug-likeness (QED) is 0.642. The van der Waals surface area contributed by atoms with E-state index in [0.29, 0.717) is 11.5 Å². The van der Waals surface area contributed by atoms with Gasteiger partial charge in [0.2, 0.25) is 0 Å². The first kappa shape index (κ1) is 15.9. The van der Waals surface area contributed by atoms with Crippen LogP contribution in [0.4, 0.5) is 0 Å². The lowest BCUT2D eigenvalue weighted by molar-refractivity contribution is 0.0910. The number of ether oxygens (including phenoxy) is 1. The standard InChI is InChI=1S/C15H32N2O/c1-5-9-16-11-15(8-10-18-13-15)12-17(7-3)14(4)6-2/h14,16H,5-13H2,1-4H3. The van der Waals surface area contributed by atoms with Gasteiger partial charge in [-0.05, 0) is 39.3 Å². The van der Waals surface area contributed by atoms with E-state index in [4.69, 9.17) is 4.74 Å². The van der Waals surface area contributed by atoms with Crippen molar-refractivity contribution in [3.63, 3.8) is 0 Å². The minimum absolute atomic E-state index is 0.342. The summed E-state index contributed by atoms with van der Waals surface area (Å²) in [6, 6.07) is 0.679. The summed E-state index contributed by atoms with van der Waals surface area (Å²) in [5, 5.41) is 3.60. The van der Waals surface area contributed by atoms with E-state index in [9.17, 15) is 0 Å². The molecule has 0 aromatic rings. The molecule has 0 aromatic heterocycles. The average molecular weight is 256 g/mol. The van der Waals surface area contributed by atoms with Crippen molar-refractivity contribution in [3.8, 4) is 0 Å². The van der Waals surface area contributed by atoms with Gasteiger partial charge in [-0.25, -0.2) is 0 Å². The Morgan fingerprint density at radius 3 is 2.61 bits per heavy atom. The number of rotatable bonds is 9. The first-order valence-corrected chi connectivity index (χ1v) is 7.70. The van der Waals surface area contributed by atoms with Crippen molar-refractivity contribution < 1.29 is 4.74 Å². The Morgan fingerprint density at radius 2 is 2.11 bits per heavy atom. The predicted octanol–water partition coefficient (Wildman–Crippen LogP) is 2.51. The zero-order valence-corrected chi connectivity index (χ0v) is 12.8. The molecule has 108 valence electrons. The summed E-state index contributed by atoms with van der Waals surface area (Å²) in [6.45, 7) is 15.5. The van der Waals surface area contributed by atoms with Crippen LogP contribution in [-0.4, -0.2) is 50.3 Å². The third kappa shape index (κ3) is 4.52. The highest BCUT2D eigenvalue weighted by Gasteiger charge is 2.36. The van der Waals surface area contributed by atoms with Gasteiger partial charge in [-0.15, -0.1) is 0 Å². The molecule has 1 rings (SSSR count). The second-order valence-electron chi connectivity index (χ2n) is 5.80. The molecule has 0 spiro atoms. The summed E-state index contributed by atoms with van der Waals surface area (Å²) in [7, 11) is 0. The fourth-order valence-electron chi connectivity index (χ4n) is 2.77. The van der Waals surface area contributed by atoms with Crippen LogP contribution in [0.25, 0.3) is 0 Å². The zero-order chi connectivity index (χ0) is 13.4. The highest BCUT2D eigenvalue weighted by molar-refractivity contribution is 4.89. The van der Waals surface area contributed by atoms with E-state index in [1.165, 1.54) is 25.8 Å². The Labute approximate surface area is 113 Å². The maximum atomic E-state index is 5.68. The highest BCUT2D eigenvalue weighted by atomic mass is 16.5. The number of hydrogen-bond donors (Lipinski definition) is 1. The lowest BCUT2D eigenvalue weighted by Crippen LogP contribution is -2.47. The van der Waals surface area contributed by atoms with Crippen LogP contribution in [0, 0.1) is 5.41 Å². The summed E-state index contributed by atoms with van der Waals surface area (Å²) in [4.78, 5) is 2.61. The smallest absolute Gasteiger partial charge is 0.0547 e. The number of nitrogens with one attached hydrogen (secondary N) is 1. The third-order valence-electron chi connectivity index (χ3n) is 4.27. The minimum Gasteiger partial charge on any atom is -0.381 e. The SMILES string of the molecule is CCCNCC1(CN(CC)C(C)CC)CCOC1. The van der Waals surface area contributed by atoms with Crippen molar-refractivity contribution in [2.75, 3.05) is 39.4 Å². The van der Waals surface area contributed by atoms with Crippen LogP contribution in [0.3, 0.4) is 0 Å². The molecule has 0 radical (unpaired) electrons. The number of nitrogens with zero attached hydrogens (tertiary/aromatic N) is 1. The lowest BCUT2D eigenvalue weighted by Gasteiger charge is -2.37. The van der Waals surface area contributed by atoms with E-state index >= 15 is 0 Å². The van der Waals surface area contributed by atoms with Gasteiger partial charge in [0.1, 0.15) is 0 Å². The van der Waals surface area contributed by atoms with Crippen molar-refractivity contribution >= 4 is 0 Å². The van der Waals surface area contributed by atoms with Gasteiger partial charge in [0.05, 0.1) is 6.61 Å². The molecule has 1 saturated heterocycles. The van der Waals surface area contributed by atoms with Crippen LogP contribution in [-0.2, 0) is 4.74 Å². The first-order valence-electron chi connectivity index (χ1n) is 7.70. The molecule has 1 fully saturated rings. The Morgan fingerprint density at radius 1 is 1.33 bits per heavy atom. The lowest BCUT2D eigenvalue weighted by atomic mass is 9.86. The maximum Gasteiger partial charge on any atom is 0.0547 e. The Kier molecular flexibility index (Phi) is 7.20. The van der Waals surface area contributed by atoms with E-state index in [-0.39, 0.29) is 0 Å². The maximum absolute atomic E-state index is 5.68. The summed E-state index contributed by atoms with van der Waals surface area (Å²) in [5.41, 5.74) is 0.342. The molecule has 1 aliphatic rings. The van der Waals surface area contributed by atoms with Crippen molar-refractivity contribution in [1.82, 2.24) is 10.2 Å². The van der Waals surface area contributed by atoms with E-state index in [1.54, 1.807) is 0 Å². The van der Waals surface area contributed by atoms with Gasteiger partial charge < -0.3 is 15.0 Å². The normalized spacial score (nSPS) is 25.8. The summed E-state index contributed by atoms with van der Waals surface area (Å²) < 4.78 is 5.68. The fourth-order valence-corrected chi connectivity index (χ4v) is 2.77. The minimum atomic E-state index is 0.342. The molecule has 3 nitrogen and oxygen atoms in total. The molecular formula is C15H32N2O. The summed E-state index contributed by atoms with van der Waals surface area (Å²) >= 11 is 0. The zero-order valence-electron chi connectivity index (χ0n) is 12.8. The van der Waals surface area contributed by atoms with Gasteiger partial charge in [0.25, 0.3) is 0 Å². The molecular weight excluding hydrogens is 224 g/mol. The Hall–Kier alpha value is -0.120. The molecule has 1 aliphatic heterocycles. The monoisotopic (exact) mass is 256 g/mol. The molecule has 18 heavy (non-hydrogen) atoms. The number of hydrogen-bond acceptors (Lipinski definition) is 3. The van der Waals surface area contributed by atoms with Gasteiger partial charge in [-0.2, -0.15) is 0 Å². The Balaban J connectivity index is 2.54. The van der Waals surface area contributed by atoms with Crippen molar-refractivity contribution in [3.05, 3.63) is 0 Å². The van der Waals surface area contributed by atoms with E-state index in [1.807, 2.05) is 0 Å². The van der Waals surface area contributed by atoms with Crippen LogP contribution in [0.2, 0.25) is 0 Å². The molecule has 1 heterocycles. The third-order valence-corrected chi connectivity index (χ3v) is 4.27. The summed E-state index contributed by atoms with van der Waals surface area (Å²) in [5.74, 6) is 0. The van der Waals surface area contributed by atoms with Crippen LogP contribution in [0.1, 0.15) is 47.0 Å². The molecule has 2 unspecified atom stereocenters. The second kappa shape index (κ2) is 8.13. The molecule has 0 bridgehead atoms. The van der Waals surface area contributed by atoms with Gasteiger partial charge >= 0.3 is 0 Å². The van der Waals surface area contributed by atoms with Crippen molar-refractivity contribution in [2.24, 2.45) is 5.41 Å². The van der Waals surface area contributed by atoms with Crippen LogP contribution in [0.5, 0.6) is 0 Å². The second-order valence-corrected chi connectivity index (χ2v) is 5.80. The molecule has 0 aliphatic carbocycles.